The van der Waals surface area contributed by atoms with Crippen LogP contribution in [0.15, 0.2) is 48.5 Å². The van der Waals surface area contributed by atoms with Crippen LogP contribution in [0.4, 0.5) is 0 Å². The second-order valence-corrected chi connectivity index (χ2v) is 7.13. The fraction of sp³-hybridized carbons (Fsp3) is 0.435. The van der Waals surface area contributed by atoms with Crippen LogP contribution in [-0.2, 0) is 20.7 Å². The maximum Gasteiger partial charge on any atom is 0.252 e. The van der Waals surface area contributed by atoms with Gasteiger partial charge in [0.1, 0.15) is 5.75 Å². The number of carbonyl (C=O) groups is 1. The Bertz CT molecular complexity index is 784. The quantitative estimate of drug-likeness (QED) is 0.672. The van der Waals surface area contributed by atoms with Crippen LogP contribution in [0.1, 0.15) is 24.8 Å². The highest BCUT2D eigenvalue weighted by molar-refractivity contribution is 5.86. The van der Waals surface area contributed by atoms with Crippen molar-refractivity contribution in [1.82, 2.24) is 5.32 Å². The summed E-state index contributed by atoms with van der Waals surface area (Å²) >= 11 is 0. The highest BCUT2D eigenvalue weighted by Gasteiger charge is 2.42. The molecule has 2 aromatic carbocycles. The minimum atomic E-state index is -0.785. The van der Waals surface area contributed by atoms with Crippen molar-refractivity contribution >= 4 is 5.91 Å². The molecule has 5 heteroatoms. The van der Waals surface area contributed by atoms with E-state index in [1.807, 2.05) is 30.3 Å². The zero-order valence-corrected chi connectivity index (χ0v) is 16.7. The van der Waals surface area contributed by atoms with Gasteiger partial charge in [-0.15, -0.1) is 0 Å². The van der Waals surface area contributed by atoms with E-state index in [0.717, 1.165) is 41.7 Å². The largest absolute Gasteiger partial charge is 0.496 e. The van der Waals surface area contributed by atoms with E-state index in [4.69, 9.17) is 14.2 Å². The average Bonchev–Trinajstić information content (AvgIpc) is 3.21. The third-order valence-electron chi connectivity index (χ3n) is 5.16. The number of carbonyl (C=O) groups excluding carboxylic acids is 1. The maximum absolute atomic E-state index is 12.9. The lowest BCUT2D eigenvalue weighted by Gasteiger charge is -2.27. The maximum atomic E-state index is 12.9. The molecule has 3 rings (SSSR count). The van der Waals surface area contributed by atoms with Crippen LogP contribution in [0, 0.1) is 0 Å². The van der Waals surface area contributed by atoms with E-state index >= 15 is 0 Å². The fourth-order valence-electron chi connectivity index (χ4n) is 3.74. The van der Waals surface area contributed by atoms with Crippen molar-refractivity contribution in [1.29, 1.82) is 0 Å². The first-order chi connectivity index (χ1) is 13.7. The molecule has 1 saturated heterocycles. The lowest BCUT2D eigenvalue weighted by atomic mass is 9.89. The Kier molecular flexibility index (Phi) is 7.06. The van der Waals surface area contributed by atoms with Crippen molar-refractivity contribution < 1.29 is 19.0 Å². The molecule has 1 amide bonds. The summed E-state index contributed by atoms with van der Waals surface area (Å²) in [6.07, 6.45) is 2.99. The normalized spacial score (nSPS) is 18.8. The van der Waals surface area contributed by atoms with E-state index in [0.29, 0.717) is 26.2 Å². The molecule has 0 saturated carbocycles. The molecule has 5 nitrogen and oxygen atoms in total. The molecule has 28 heavy (non-hydrogen) atoms. The Morgan fingerprint density at radius 2 is 2.04 bits per heavy atom. The van der Waals surface area contributed by atoms with E-state index < -0.39 is 5.60 Å². The van der Waals surface area contributed by atoms with Crippen LogP contribution in [-0.4, -0.2) is 45.5 Å². The van der Waals surface area contributed by atoms with Gasteiger partial charge in [-0.2, -0.15) is 0 Å². The van der Waals surface area contributed by atoms with E-state index in [2.05, 4.69) is 23.5 Å². The Hall–Kier alpha value is -2.37. The zero-order chi connectivity index (χ0) is 19.8. The summed E-state index contributed by atoms with van der Waals surface area (Å²) in [7, 11) is 3.34. The van der Waals surface area contributed by atoms with Gasteiger partial charge in [0.2, 0.25) is 0 Å². The molecule has 0 aromatic heterocycles. The second-order valence-electron chi connectivity index (χ2n) is 7.13. The van der Waals surface area contributed by atoms with Crippen molar-refractivity contribution in [3.63, 3.8) is 0 Å². The molecule has 1 atom stereocenters. The van der Waals surface area contributed by atoms with Crippen LogP contribution < -0.4 is 10.1 Å². The highest BCUT2D eigenvalue weighted by atomic mass is 16.5. The summed E-state index contributed by atoms with van der Waals surface area (Å²) in [4.78, 5) is 12.9. The molecule has 1 aliphatic rings. The van der Waals surface area contributed by atoms with Gasteiger partial charge in [-0.1, -0.05) is 42.5 Å². The molecule has 0 aliphatic carbocycles. The molecule has 0 spiro atoms. The van der Waals surface area contributed by atoms with Gasteiger partial charge in [-0.25, -0.2) is 0 Å². The van der Waals surface area contributed by atoms with E-state index in [-0.39, 0.29) is 5.91 Å². The lowest BCUT2D eigenvalue weighted by molar-refractivity contribution is -0.141. The molecule has 1 heterocycles. The Labute approximate surface area is 167 Å². The summed E-state index contributed by atoms with van der Waals surface area (Å²) in [6.45, 7) is 1.85. The standard InChI is InChI=1S/C23H29NO4/c1-26-14-7-13-24-22(25)23(12-6-15-28-23)17-18-8-5-9-19(16-18)20-10-3-4-11-21(20)27-2/h3-5,8-11,16H,6-7,12-15,17H2,1-2H3,(H,24,25)/t23-/m1/s1. The summed E-state index contributed by atoms with van der Waals surface area (Å²) in [5.74, 6) is 0.811. The molecular weight excluding hydrogens is 354 g/mol. The Morgan fingerprint density at radius 3 is 2.79 bits per heavy atom. The van der Waals surface area contributed by atoms with Crippen molar-refractivity contribution in [2.45, 2.75) is 31.3 Å². The first kappa shape index (κ1) is 20.4. The number of nitrogens with one attached hydrogen (secondary N) is 1. The van der Waals surface area contributed by atoms with E-state index in [1.165, 1.54) is 0 Å². The number of ether oxygens (including phenoxy) is 3. The summed E-state index contributed by atoms with van der Waals surface area (Å²) in [6, 6.07) is 16.2. The first-order valence-electron chi connectivity index (χ1n) is 9.82. The van der Waals surface area contributed by atoms with Crippen LogP contribution in [0.5, 0.6) is 5.75 Å². The average molecular weight is 383 g/mol. The van der Waals surface area contributed by atoms with Crippen LogP contribution >= 0.6 is 0 Å². The number of amides is 1. The Balaban J connectivity index is 1.78. The predicted molar refractivity (Wildman–Crippen MR) is 110 cm³/mol. The van der Waals surface area contributed by atoms with Gasteiger partial charge in [0, 0.05) is 38.9 Å². The van der Waals surface area contributed by atoms with Gasteiger partial charge >= 0.3 is 0 Å². The molecule has 1 fully saturated rings. The van der Waals surface area contributed by atoms with Gasteiger partial charge in [0.15, 0.2) is 5.60 Å². The number of para-hydroxylation sites is 1. The smallest absolute Gasteiger partial charge is 0.252 e. The van der Waals surface area contributed by atoms with Crippen LogP contribution in [0.3, 0.4) is 0 Å². The SMILES string of the molecule is COCCCNC(=O)[C@]1(Cc2cccc(-c3ccccc3OC)c2)CCCO1. The van der Waals surface area contributed by atoms with Crippen molar-refractivity contribution in [3.8, 4) is 16.9 Å². The van der Waals surface area contributed by atoms with E-state index in [1.54, 1.807) is 14.2 Å². The summed E-state index contributed by atoms with van der Waals surface area (Å²) in [5, 5.41) is 3.02. The van der Waals surface area contributed by atoms with Crippen molar-refractivity contribution in [2.75, 3.05) is 34.0 Å². The molecule has 0 radical (unpaired) electrons. The molecule has 0 unspecified atom stereocenters. The van der Waals surface area contributed by atoms with Gasteiger partial charge < -0.3 is 19.5 Å². The summed E-state index contributed by atoms with van der Waals surface area (Å²) < 4.78 is 16.5. The predicted octanol–water partition coefficient (Wildman–Crippen LogP) is 3.61. The zero-order valence-electron chi connectivity index (χ0n) is 16.7. The molecule has 2 aromatic rings. The first-order valence-corrected chi connectivity index (χ1v) is 9.82. The molecule has 0 bridgehead atoms. The van der Waals surface area contributed by atoms with Crippen molar-refractivity contribution in [3.05, 3.63) is 54.1 Å². The third-order valence-corrected chi connectivity index (χ3v) is 5.16. The molecular formula is C23H29NO4. The number of methoxy groups -OCH3 is 2. The minimum Gasteiger partial charge on any atom is -0.496 e. The molecule has 1 N–H and O–H groups in total. The highest BCUT2D eigenvalue weighted by Crippen LogP contribution is 2.33. The fourth-order valence-corrected chi connectivity index (χ4v) is 3.74. The number of hydrogen-bond donors (Lipinski definition) is 1. The number of rotatable bonds is 9. The minimum absolute atomic E-state index is 0.0243. The monoisotopic (exact) mass is 383 g/mol. The second kappa shape index (κ2) is 9.71. The van der Waals surface area contributed by atoms with Crippen LogP contribution in [0.25, 0.3) is 11.1 Å². The van der Waals surface area contributed by atoms with E-state index in [9.17, 15) is 4.79 Å². The molecule has 1 aliphatic heterocycles. The van der Waals surface area contributed by atoms with Gasteiger partial charge in [-0.05, 0) is 36.5 Å². The van der Waals surface area contributed by atoms with Gasteiger partial charge in [0.25, 0.3) is 5.91 Å². The van der Waals surface area contributed by atoms with Crippen LogP contribution in [0.2, 0.25) is 0 Å². The number of hydrogen-bond acceptors (Lipinski definition) is 4. The van der Waals surface area contributed by atoms with Gasteiger partial charge in [0.05, 0.1) is 7.11 Å². The topological polar surface area (TPSA) is 56.8 Å². The summed E-state index contributed by atoms with van der Waals surface area (Å²) in [5.41, 5.74) is 2.41. The van der Waals surface area contributed by atoms with Crippen molar-refractivity contribution in [2.24, 2.45) is 0 Å². The van der Waals surface area contributed by atoms with Gasteiger partial charge in [-0.3, -0.25) is 4.79 Å². The number of benzene rings is 2. The Morgan fingerprint density at radius 1 is 1.18 bits per heavy atom. The molecule has 150 valence electrons. The lowest BCUT2D eigenvalue weighted by Crippen LogP contribution is -2.48. The third kappa shape index (κ3) is 4.72.